The van der Waals surface area contributed by atoms with Crippen LogP contribution < -0.4 is 9.64 Å². The van der Waals surface area contributed by atoms with Crippen molar-refractivity contribution >= 4 is 11.7 Å². The molecule has 0 spiro atoms. The number of hydrogen-bond acceptors (Lipinski definition) is 3. The fourth-order valence-corrected chi connectivity index (χ4v) is 3.35. The number of aliphatic carboxylic acids is 1. The Morgan fingerprint density at radius 3 is 2.24 bits per heavy atom. The van der Waals surface area contributed by atoms with Gasteiger partial charge >= 0.3 is 5.97 Å². The highest BCUT2D eigenvalue weighted by Gasteiger charge is 2.41. The maximum atomic E-state index is 10.5. The van der Waals surface area contributed by atoms with Gasteiger partial charge in [0.05, 0.1) is 0 Å². The van der Waals surface area contributed by atoms with Crippen LogP contribution >= 0.6 is 0 Å². The van der Waals surface area contributed by atoms with E-state index < -0.39 is 5.97 Å². The molecule has 1 aromatic rings. The van der Waals surface area contributed by atoms with Crippen molar-refractivity contribution in [2.24, 2.45) is 5.41 Å². The lowest BCUT2D eigenvalue weighted by atomic mass is 9.72. The third-order valence-corrected chi connectivity index (χ3v) is 4.18. The molecule has 1 saturated heterocycles. The summed E-state index contributed by atoms with van der Waals surface area (Å²) in [6, 6.07) is 7.72. The summed E-state index contributed by atoms with van der Waals surface area (Å²) in [4.78, 5) is 12.9. The molecule has 0 aromatic heterocycles. The van der Waals surface area contributed by atoms with Crippen molar-refractivity contribution in [1.82, 2.24) is 0 Å². The largest absolute Gasteiger partial charge is 0.482 e. The van der Waals surface area contributed by atoms with E-state index in [9.17, 15) is 4.79 Å². The van der Waals surface area contributed by atoms with E-state index in [0.29, 0.717) is 11.2 Å². The Morgan fingerprint density at radius 2 is 1.76 bits per heavy atom. The first-order valence-corrected chi connectivity index (χ1v) is 7.78. The van der Waals surface area contributed by atoms with Crippen molar-refractivity contribution in [2.45, 2.75) is 39.5 Å². The van der Waals surface area contributed by atoms with E-state index in [4.69, 9.17) is 9.84 Å². The fraction of sp³-hybridized carbons (Fsp3) is 0.588. The minimum Gasteiger partial charge on any atom is -0.482 e. The SMILES string of the molecule is CCCC1(CCC)CN(c2ccc(OCC(=O)O)cc2)C1. The predicted molar refractivity (Wildman–Crippen MR) is 84.0 cm³/mol. The van der Waals surface area contributed by atoms with Crippen molar-refractivity contribution in [3.63, 3.8) is 0 Å². The molecule has 0 bridgehead atoms. The second-order valence-corrected chi connectivity index (χ2v) is 6.03. The summed E-state index contributed by atoms with van der Waals surface area (Å²) in [5.74, 6) is -0.346. The van der Waals surface area contributed by atoms with Gasteiger partial charge in [-0.25, -0.2) is 4.79 Å². The van der Waals surface area contributed by atoms with E-state index >= 15 is 0 Å². The lowest BCUT2D eigenvalue weighted by molar-refractivity contribution is -0.139. The number of anilines is 1. The molecule has 0 saturated carbocycles. The van der Waals surface area contributed by atoms with Crippen LogP contribution in [0.4, 0.5) is 5.69 Å². The Hall–Kier alpha value is -1.71. The standard InChI is InChI=1S/C17H25NO3/c1-3-9-17(10-4-2)12-18(13-17)14-5-7-15(8-6-14)21-11-16(19)20/h5-8H,3-4,9-13H2,1-2H3,(H,19,20). The van der Waals surface area contributed by atoms with E-state index in [2.05, 4.69) is 18.7 Å². The fourth-order valence-electron chi connectivity index (χ4n) is 3.35. The second-order valence-electron chi connectivity index (χ2n) is 6.03. The molecule has 1 aliphatic rings. The number of benzene rings is 1. The van der Waals surface area contributed by atoms with Crippen LogP contribution in [0.3, 0.4) is 0 Å². The Labute approximate surface area is 126 Å². The van der Waals surface area contributed by atoms with Crippen molar-refractivity contribution in [3.05, 3.63) is 24.3 Å². The lowest BCUT2D eigenvalue weighted by Gasteiger charge is -2.52. The van der Waals surface area contributed by atoms with Crippen LogP contribution in [0.5, 0.6) is 5.75 Å². The van der Waals surface area contributed by atoms with Gasteiger partial charge in [0.1, 0.15) is 5.75 Å². The quantitative estimate of drug-likeness (QED) is 0.795. The van der Waals surface area contributed by atoms with Crippen molar-refractivity contribution in [2.75, 3.05) is 24.6 Å². The van der Waals surface area contributed by atoms with E-state index in [1.165, 1.54) is 31.4 Å². The topological polar surface area (TPSA) is 49.8 Å². The Kier molecular flexibility index (Phi) is 5.10. The van der Waals surface area contributed by atoms with E-state index in [1.54, 1.807) is 0 Å². The number of carboxylic acids is 1. The Balaban J connectivity index is 1.91. The third-order valence-electron chi connectivity index (χ3n) is 4.18. The molecule has 0 amide bonds. The molecule has 1 fully saturated rings. The molecule has 4 nitrogen and oxygen atoms in total. The van der Waals surface area contributed by atoms with E-state index in [1.807, 2.05) is 24.3 Å². The molecule has 1 heterocycles. The zero-order valence-corrected chi connectivity index (χ0v) is 13.0. The van der Waals surface area contributed by atoms with Crippen LogP contribution in [-0.2, 0) is 4.79 Å². The third kappa shape index (κ3) is 3.90. The molecular formula is C17H25NO3. The van der Waals surface area contributed by atoms with Gasteiger partial charge in [-0.2, -0.15) is 0 Å². The minimum absolute atomic E-state index is 0.292. The van der Waals surface area contributed by atoms with Crippen molar-refractivity contribution in [1.29, 1.82) is 0 Å². The van der Waals surface area contributed by atoms with Crippen LogP contribution in [-0.4, -0.2) is 30.8 Å². The van der Waals surface area contributed by atoms with Crippen LogP contribution in [0.2, 0.25) is 0 Å². The summed E-state index contributed by atoms with van der Waals surface area (Å²) in [7, 11) is 0. The van der Waals surface area contributed by atoms with Gasteiger partial charge in [-0.3, -0.25) is 0 Å². The molecule has 0 atom stereocenters. The van der Waals surface area contributed by atoms with Crippen LogP contribution in [0, 0.1) is 5.41 Å². The second kappa shape index (κ2) is 6.83. The highest BCUT2D eigenvalue weighted by Crippen LogP contribution is 2.42. The molecule has 2 rings (SSSR count). The van der Waals surface area contributed by atoms with Gasteiger partial charge in [0, 0.05) is 24.2 Å². The molecule has 116 valence electrons. The molecule has 1 N–H and O–H groups in total. The van der Waals surface area contributed by atoms with Gasteiger partial charge < -0.3 is 14.7 Å². The van der Waals surface area contributed by atoms with Crippen LogP contribution in [0.15, 0.2) is 24.3 Å². The van der Waals surface area contributed by atoms with Gasteiger partial charge in [-0.05, 0) is 37.1 Å². The van der Waals surface area contributed by atoms with Gasteiger partial charge in [-0.15, -0.1) is 0 Å². The maximum absolute atomic E-state index is 10.5. The summed E-state index contributed by atoms with van der Waals surface area (Å²) < 4.78 is 5.15. The van der Waals surface area contributed by atoms with Gasteiger partial charge in [0.2, 0.25) is 0 Å². The van der Waals surface area contributed by atoms with Crippen LogP contribution in [0.25, 0.3) is 0 Å². The van der Waals surface area contributed by atoms with Crippen LogP contribution in [0.1, 0.15) is 39.5 Å². The molecule has 0 radical (unpaired) electrons. The molecule has 0 aliphatic carbocycles. The van der Waals surface area contributed by atoms with E-state index in [0.717, 1.165) is 13.1 Å². The smallest absolute Gasteiger partial charge is 0.341 e. The number of hydrogen-bond donors (Lipinski definition) is 1. The molecule has 21 heavy (non-hydrogen) atoms. The monoisotopic (exact) mass is 291 g/mol. The van der Waals surface area contributed by atoms with E-state index in [-0.39, 0.29) is 6.61 Å². The average molecular weight is 291 g/mol. The molecule has 1 aromatic carbocycles. The number of carbonyl (C=O) groups is 1. The Morgan fingerprint density at radius 1 is 1.19 bits per heavy atom. The van der Waals surface area contributed by atoms with Crippen molar-refractivity contribution in [3.8, 4) is 5.75 Å². The highest BCUT2D eigenvalue weighted by atomic mass is 16.5. The molecular weight excluding hydrogens is 266 g/mol. The van der Waals surface area contributed by atoms with Gasteiger partial charge in [-0.1, -0.05) is 26.7 Å². The lowest BCUT2D eigenvalue weighted by Crippen LogP contribution is -2.56. The normalized spacial score (nSPS) is 16.4. The summed E-state index contributed by atoms with van der Waals surface area (Å²) >= 11 is 0. The number of rotatable bonds is 8. The number of ether oxygens (including phenoxy) is 1. The summed E-state index contributed by atoms with van der Waals surface area (Å²) in [6.07, 6.45) is 5.10. The Bertz CT molecular complexity index is 455. The minimum atomic E-state index is -0.953. The maximum Gasteiger partial charge on any atom is 0.341 e. The first-order valence-electron chi connectivity index (χ1n) is 7.78. The summed E-state index contributed by atoms with van der Waals surface area (Å²) in [5.41, 5.74) is 1.70. The first kappa shape index (κ1) is 15.7. The highest BCUT2D eigenvalue weighted by molar-refractivity contribution is 5.68. The zero-order valence-electron chi connectivity index (χ0n) is 13.0. The first-order chi connectivity index (χ1) is 10.1. The van der Waals surface area contributed by atoms with Crippen molar-refractivity contribution < 1.29 is 14.6 Å². The molecule has 4 heteroatoms. The molecule has 1 aliphatic heterocycles. The zero-order chi connectivity index (χ0) is 15.3. The van der Waals surface area contributed by atoms with Gasteiger partial charge in [0.25, 0.3) is 0 Å². The molecule has 0 unspecified atom stereocenters. The summed E-state index contributed by atoms with van der Waals surface area (Å²) in [6.45, 7) is 6.48. The van der Waals surface area contributed by atoms with Gasteiger partial charge in [0.15, 0.2) is 6.61 Å². The number of carboxylic acid groups (broad SMARTS) is 1. The summed E-state index contributed by atoms with van der Waals surface area (Å²) in [5, 5.41) is 8.59. The average Bonchev–Trinajstić information content (AvgIpc) is 2.43. The predicted octanol–water partition coefficient (Wildman–Crippen LogP) is 3.56. The number of nitrogens with zero attached hydrogens (tertiary/aromatic N) is 1.